The first-order valence-electron chi connectivity index (χ1n) is 4.99. The molecule has 0 aliphatic carbocycles. The smallest absolute Gasteiger partial charge is 0.206 e. The first kappa shape index (κ1) is 10.8. The second kappa shape index (κ2) is 3.16. The fraction of sp³-hybridized carbons (Fsp3) is 0.900. The van der Waals surface area contributed by atoms with Gasteiger partial charge in [-0.2, -0.15) is 5.26 Å². The van der Waals surface area contributed by atoms with E-state index in [1.165, 1.54) is 0 Å². The van der Waals surface area contributed by atoms with Crippen molar-refractivity contribution in [3.8, 4) is 6.07 Å². The Morgan fingerprint density at radius 1 is 1.40 bits per heavy atom. The maximum Gasteiger partial charge on any atom is 0.206 e. The van der Waals surface area contributed by atoms with Crippen molar-refractivity contribution in [3.63, 3.8) is 0 Å². The van der Waals surface area contributed by atoms with Crippen LogP contribution in [0.5, 0.6) is 0 Å². The molecule has 15 heavy (non-hydrogen) atoms. The first-order valence-corrected chi connectivity index (χ1v) is 4.99. The largest absolute Gasteiger partial charge is 0.388 e. The fourth-order valence-electron chi connectivity index (χ4n) is 2.01. The molecule has 2 saturated heterocycles. The Hall–Kier alpha value is -0.670. The van der Waals surface area contributed by atoms with Gasteiger partial charge in [-0.15, -0.1) is 0 Å². The summed E-state index contributed by atoms with van der Waals surface area (Å²) in [7, 11) is 0. The summed E-state index contributed by atoms with van der Waals surface area (Å²) in [4.78, 5) is 0. The average molecular weight is 213 g/mol. The lowest BCUT2D eigenvalue weighted by molar-refractivity contribution is -0.315. The van der Waals surface area contributed by atoms with Gasteiger partial charge in [-0.1, -0.05) is 0 Å². The molecule has 2 aliphatic rings. The molecule has 0 spiro atoms. The molecule has 84 valence electrons. The predicted octanol–water partition coefficient (Wildman–Crippen LogP) is 0.180. The lowest BCUT2D eigenvalue weighted by atomic mass is 9.95. The second-order valence-electron chi connectivity index (χ2n) is 4.54. The summed E-state index contributed by atoms with van der Waals surface area (Å²) in [6, 6.07) is 2.05. The van der Waals surface area contributed by atoms with E-state index in [0.717, 1.165) is 0 Å². The number of nitriles is 1. The number of ether oxygens (including phenoxy) is 3. The molecule has 2 rings (SSSR count). The Balaban J connectivity index is 2.29. The summed E-state index contributed by atoms with van der Waals surface area (Å²) >= 11 is 0. The molecule has 4 atom stereocenters. The second-order valence-corrected chi connectivity index (χ2v) is 4.54. The standard InChI is InChI=1S/C10H15NO4/c1-6-7(12)8-10(4-11,14-6)5-13-9(2,3)15-8/h6-8,12H,5H2,1-3H3/t6?,7-,8-,10?/m0/s1. The monoisotopic (exact) mass is 213 g/mol. The van der Waals surface area contributed by atoms with Gasteiger partial charge in [0, 0.05) is 0 Å². The molecule has 0 radical (unpaired) electrons. The quantitative estimate of drug-likeness (QED) is 0.621. The lowest BCUT2D eigenvalue weighted by Gasteiger charge is -2.41. The third kappa shape index (κ3) is 1.54. The fourth-order valence-corrected chi connectivity index (χ4v) is 2.01. The van der Waals surface area contributed by atoms with Crippen molar-refractivity contribution in [1.29, 1.82) is 5.26 Å². The Labute approximate surface area is 88.5 Å². The van der Waals surface area contributed by atoms with E-state index in [4.69, 9.17) is 19.5 Å². The van der Waals surface area contributed by atoms with Crippen molar-refractivity contribution in [3.05, 3.63) is 0 Å². The van der Waals surface area contributed by atoms with Crippen molar-refractivity contribution < 1.29 is 19.3 Å². The van der Waals surface area contributed by atoms with Gasteiger partial charge >= 0.3 is 0 Å². The topological polar surface area (TPSA) is 71.7 Å². The average Bonchev–Trinajstić information content (AvgIpc) is 2.41. The summed E-state index contributed by atoms with van der Waals surface area (Å²) in [6.45, 7) is 5.36. The number of nitrogens with zero attached hydrogens (tertiary/aromatic N) is 1. The third-order valence-electron chi connectivity index (χ3n) is 2.88. The van der Waals surface area contributed by atoms with Gasteiger partial charge in [0.2, 0.25) is 5.60 Å². The zero-order valence-corrected chi connectivity index (χ0v) is 9.06. The minimum absolute atomic E-state index is 0.128. The molecule has 0 bridgehead atoms. The van der Waals surface area contributed by atoms with Crippen LogP contribution in [-0.4, -0.2) is 41.4 Å². The number of rotatable bonds is 0. The molecule has 0 aromatic rings. The van der Waals surface area contributed by atoms with Crippen molar-refractivity contribution in [2.45, 2.75) is 50.5 Å². The number of hydrogen-bond donors (Lipinski definition) is 1. The molecular formula is C10H15NO4. The molecule has 1 N–H and O–H groups in total. The summed E-state index contributed by atoms with van der Waals surface area (Å²) < 4.78 is 16.4. The van der Waals surface area contributed by atoms with Crippen LogP contribution in [0.4, 0.5) is 0 Å². The van der Waals surface area contributed by atoms with Crippen molar-refractivity contribution >= 4 is 0 Å². The van der Waals surface area contributed by atoms with Crippen LogP contribution in [0.25, 0.3) is 0 Å². The van der Waals surface area contributed by atoms with Crippen LogP contribution >= 0.6 is 0 Å². The van der Waals surface area contributed by atoms with Crippen LogP contribution in [0.15, 0.2) is 0 Å². The molecule has 0 aromatic carbocycles. The highest BCUT2D eigenvalue weighted by Gasteiger charge is 2.59. The van der Waals surface area contributed by atoms with Crippen LogP contribution in [0.2, 0.25) is 0 Å². The van der Waals surface area contributed by atoms with Gasteiger partial charge in [0.25, 0.3) is 0 Å². The molecule has 5 heteroatoms. The van der Waals surface area contributed by atoms with E-state index in [9.17, 15) is 5.11 Å². The zero-order valence-electron chi connectivity index (χ0n) is 9.06. The SMILES string of the molecule is CC1OC2(C#N)COC(C)(C)O[C@H]2[C@H]1O. The Morgan fingerprint density at radius 3 is 2.67 bits per heavy atom. The van der Waals surface area contributed by atoms with Crippen LogP contribution < -0.4 is 0 Å². The highest BCUT2D eigenvalue weighted by Crippen LogP contribution is 2.40. The maximum atomic E-state index is 9.86. The summed E-state index contributed by atoms with van der Waals surface area (Å²) in [5.74, 6) is -0.778. The lowest BCUT2D eigenvalue weighted by Crippen LogP contribution is -2.57. The van der Waals surface area contributed by atoms with E-state index in [-0.39, 0.29) is 6.61 Å². The van der Waals surface area contributed by atoms with Crippen molar-refractivity contribution in [1.82, 2.24) is 0 Å². The number of aliphatic hydroxyl groups excluding tert-OH is 1. The molecule has 2 unspecified atom stereocenters. The van der Waals surface area contributed by atoms with Crippen LogP contribution in [0.1, 0.15) is 20.8 Å². The Kier molecular flexibility index (Phi) is 2.28. The van der Waals surface area contributed by atoms with Crippen LogP contribution in [0, 0.1) is 11.3 Å². The molecule has 0 aromatic heterocycles. The minimum atomic E-state index is -1.16. The molecular weight excluding hydrogens is 198 g/mol. The zero-order chi connectivity index (χ0) is 11.3. The van der Waals surface area contributed by atoms with Crippen LogP contribution in [0.3, 0.4) is 0 Å². The van der Waals surface area contributed by atoms with Gasteiger partial charge in [-0.05, 0) is 20.8 Å². The first-order chi connectivity index (χ1) is 6.90. The Bertz CT molecular complexity index is 311. The van der Waals surface area contributed by atoms with E-state index < -0.39 is 29.7 Å². The summed E-state index contributed by atoms with van der Waals surface area (Å²) in [5, 5.41) is 19.0. The maximum absolute atomic E-state index is 9.86. The molecule has 2 heterocycles. The van der Waals surface area contributed by atoms with Gasteiger partial charge in [0.05, 0.1) is 12.7 Å². The van der Waals surface area contributed by atoms with Crippen molar-refractivity contribution in [2.24, 2.45) is 0 Å². The van der Waals surface area contributed by atoms with Gasteiger partial charge in [-0.25, -0.2) is 0 Å². The van der Waals surface area contributed by atoms with Crippen LogP contribution in [-0.2, 0) is 14.2 Å². The van der Waals surface area contributed by atoms with E-state index in [1.54, 1.807) is 20.8 Å². The van der Waals surface area contributed by atoms with Gasteiger partial charge < -0.3 is 19.3 Å². The highest BCUT2D eigenvalue weighted by atomic mass is 16.7. The highest BCUT2D eigenvalue weighted by molar-refractivity contribution is 5.16. The molecule has 0 amide bonds. The minimum Gasteiger partial charge on any atom is -0.388 e. The van der Waals surface area contributed by atoms with E-state index in [0.29, 0.717) is 0 Å². The number of hydrogen-bond acceptors (Lipinski definition) is 5. The summed E-state index contributed by atoms with van der Waals surface area (Å²) in [5.41, 5.74) is -1.16. The molecule has 2 fully saturated rings. The van der Waals surface area contributed by atoms with E-state index in [2.05, 4.69) is 0 Å². The Morgan fingerprint density at radius 2 is 2.07 bits per heavy atom. The van der Waals surface area contributed by atoms with Crippen molar-refractivity contribution in [2.75, 3.05) is 6.61 Å². The summed E-state index contributed by atoms with van der Waals surface area (Å²) in [6.07, 6.45) is -1.83. The predicted molar refractivity (Wildman–Crippen MR) is 49.8 cm³/mol. The number of aliphatic hydroxyl groups is 1. The van der Waals surface area contributed by atoms with Gasteiger partial charge in [0.15, 0.2) is 5.79 Å². The van der Waals surface area contributed by atoms with E-state index >= 15 is 0 Å². The van der Waals surface area contributed by atoms with E-state index in [1.807, 2.05) is 6.07 Å². The van der Waals surface area contributed by atoms with Gasteiger partial charge in [-0.3, -0.25) is 0 Å². The molecule has 0 saturated carbocycles. The molecule has 5 nitrogen and oxygen atoms in total. The van der Waals surface area contributed by atoms with Gasteiger partial charge in [0.1, 0.15) is 18.3 Å². The third-order valence-corrected chi connectivity index (χ3v) is 2.88. The normalized spacial score (nSPS) is 48.3. The molecule has 2 aliphatic heterocycles. The number of fused-ring (bicyclic) bond motifs is 1.